The molecular weight excluding hydrogens is 509 g/mol. The second-order valence-corrected chi connectivity index (χ2v) is 11.5. The van der Waals surface area contributed by atoms with Gasteiger partial charge < -0.3 is 10.2 Å². The number of carbonyl (C=O) groups is 2. The lowest BCUT2D eigenvalue weighted by atomic mass is 10.1. The van der Waals surface area contributed by atoms with Gasteiger partial charge in [0.25, 0.3) is 0 Å². The predicted molar refractivity (Wildman–Crippen MR) is 140 cm³/mol. The van der Waals surface area contributed by atoms with Crippen molar-refractivity contribution in [2.75, 3.05) is 17.1 Å². The lowest BCUT2D eigenvalue weighted by molar-refractivity contribution is -0.140. The maximum atomic E-state index is 13.7. The molecule has 2 aromatic rings. The summed E-state index contributed by atoms with van der Waals surface area (Å²) in [6.45, 7) is 1.49. The summed E-state index contributed by atoms with van der Waals surface area (Å²) >= 11 is 12.4. The van der Waals surface area contributed by atoms with Gasteiger partial charge in [0.15, 0.2) is 0 Å². The molecule has 1 fully saturated rings. The first-order chi connectivity index (χ1) is 16.6. The topological polar surface area (TPSA) is 86.8 Å². The number of hydrogen-bond donors (Lipinski definition) is 1. The quantitative estimate of drug-likeness (QED) is 0.476. The van der Waals surface area contributed by atoms with Gasteiger partial charge in [-0.3, -0.25) is 13.9 Å². The predicted octanol–water partition coefficient (Wildman–Crippen LogP) is 4.63. The molecule has 1 N–H and O–H groups in total. The molecule has 1 saturated carbocycles. The van der Waals surface area contributed by atoms with Crippen LogP contribution in [0.25, 0.3) is 0 Å². The Morgan fingerprint density at radius 2 is 1.71 bits per heavy atom. The molecule has 2 aromatic carbocycles. The Balaban J connectivity index is 1.93. The monoisotopic (exact) mass is 539 g/mol. The van der Waals surface area contributed by atoms with Crippen LogP contribution in [-0.2, 0) is 26.2 Å². The van der Waals surface area contributed by atoms with Gasteiger partial charge in [0.2, 0.25) is 21.8 Å². The normalized spacial score (nSPS) is 15.0. The van der Waals surface area contributed by atoms with E-state index in [-0.39, 0.29) is 34.2 Å². The summed E-state index contributed by atoms with van der Waals surface area (Å²) < 4.78 is 26.3. The first-order valence-corrected chi connectivity index (χ1v) is 14.3. The zero-order valence-electron chi connectivity index (χ0n) is 19.9. The number of carbonyl (C=O) groups excluding carboxylic acids is 2. The van der Waals surface area contributed by atoms with Crippen molar-refractivity contribution in [2.24, 2.45) is 0 Å². The van der Waals surface area contributed by atoms with E-state index >= 15 is 0 Å². The van der Waals surface area contributed by atoms with Crippen molar-refractivity contribution in [1.82, 2.24) is 10.2 Å². The summed E-state index contributed by atoms with van der Waals surface area (Å²) in [7, 11) is -3.89. The number of nitrogens with one attached hydrogen (secondary N) is 1. The van der Waals surface area contributed by atoms with Gasteiger partial charge in [-0.15, -0.1) is 0 Å². The fourth-order valence-electron chi connectivity index (χ4n) is 4.35. The van der Waals surface area contributed by atoms with E-state index in [0.29, 0.717) is 6.42 Å². The molecule has 0 heterocycles. The molecule has 0 bridgehead atoms. The highest BCUT2D eigenvalue weighted by atomic mass is 35.5. The minimum absolute atomic E-state index is 0.0352. The zero-order chi connectivity index (χ0) is 25.6. The Hall–Kier alpha value is -2.29. The molecule has 35 heavy (non-hydrogen) atoms. The number of anilines is 1. The van der Waals surface area contributed by atoms with Gasteiger partial charge in [-0.25, -0.2) is 8.42 Å². The molecular formula is C25H31Cl2N3O4S. The molecule has 2 amide bonds. The van der Waals surface area contributed by atoms with Crippen LogP contribution in [0.1, 0.15) is 44.6 Å². The van der Waals surface area contributed by atoms with Gasteiger partial charge in [0.05, 0.1) is 22.0 Å². The van der Waals surface area contributed by atoms with E-state index in [2.05, 4.69) is 5.32 Å². The summed E-state index contributed by atoms with van der Waals surface area (Å²) in [6.07, 6.45) is 5.36. The third-order valence-electron chi connectivity index (χ3n) is 6.16. The minimum Gasteiger partial charge on any atom is -0.352 e. The molecule has 0 saturated heterocycles. The first kappa shape index (κ1) is 27.3. The Kier molecular flexibility index (Phi) is 9.44. The zero-order valence-corrected chi connectivity index (χ0v) is 22.2. The van der Waals surface area contributed by atoms with Crippen LogP contribution in [0.3, 0.4) is 0 Å². The third kappa shape index (κ3) is 7.12. The third-order valence-corrected chi connectivity index (χ3v) is 8.10. The Morgan fingerprint density at radius 3 is 2.31 bits per heavy atom. The minimum atomic E-state index is -3.89. The van der Waals surface area contributed by atoms with Crippen LogP contribution in [0.5, 0.6) is 0 Å². The van der Waals surface area contributed by atoms with Crippen molar-refractivity contribution in [3.63, 3.8) is 0 Å². The molecule has 1 atom stereocenters. The van der Waals surface area contributed by atoms with Gasteiger partial charge in [-0.2, -0.15) is 0 Å². The Morgan fingerprint density at radius 1 is 1.06 bits per heavy atom. The van der Waals surface area contributed by atoms with E-state index in [1.54, 1.807) is 6.07 Å². The number of amides is 2. The van der Waals surface area contributed by atoms with Crippen LogP contribution in [0.15, 0.2) is 48.5 Å². The molecule has 190 valence electrons. The maximum Gasteiger partial charge on any atom is 0.244 e. The second-order valence-electron chi connectivity index (χ2n) is 8.76. The molecule has 1 aliphatic carbocycles. The molecule has 3 rings (SSSR count). The van der Waals surface area contributed by atoms with Crippen molar-refractivity contribution in [2.45, 2.75) is 57.7 Å². The van der Waals surface area contributed by atoms with E-state index in [1.165, 1.54) is 17.0 Å². The van der Waals surface area contributed by atoms with Gasteiger partial charge in [-0.1, -0.05) is 79.4 Å². The number of benzene rings is 2. The van der Waals surface area contributed by atoms with E-state index in [0.717, 1.165) is 41.8 Å². The van der Waals surface area contributed by atoms with Gasteiger partial charge in [0, 0.05) is 12.6 Å². The van der Waals surface area contributed by atoms with Crippen LogP contribution >= 0.6 is 23.2 Å². The molecule has 0 unspecified atom stereocenters. The fraction of sp³-hybridized carbons (Fsp3) is 0.440. The first-order valence-electron chi connectivity index (χ1n) is 11.7. The fourth-order valence-corrected chi connectivity index (χ4v) is 5.65. The molecule has 1 aliphatic rings. The molecule has 0 aromatic heterocycles. The number of nitrogens with zero attached hydrogens (tertiary/aromatic N) is 2. The Labute approximate surface area is 217 Å². The maximum absolute atomic E-state index is 13.7. The summed E-state index contributed by atoms with van der Waals surface area (Å²) in [5.41, 5.74) is 0.942. The SMILES string of the molecule is CC[C@H](C(=O)NC1CCCC1)N(Cc1ccccc1)C(=O)CN(c1cccc(Cl)c1Cl)S(C)(=O)=O. The highest BCUT2D eigenvalue weighted by molar-refractivity contribution is 7.92. The van der Waals surface area contributed by atoms with Gasteiger partial charge in [0.1, 0.15) is 12.6 Å². The highest BCUT2D eigenvalue weighted by Gasteiger charge is 2.33. The molecule has 7 nitrogen and oxygen atoms in total. The summed E-state index contributed by atoms with van der Waals surface area (Å²) in [5.74, 6) is -0.737. The van der Waals surface area contributed by atoms with Crippen molar-refractivity contribution in [3.05, 3.63) is 64.1 Å². The molecule has 0 aliphatic heterocycles. The van der Waals surface area contributed by atoms with E-state index in [9.17, 15) is 18.0 Å². The molecule has 0 radical (unpaired) electrons. The second kappa shape index (κ2) is 12.1. The van der Waals surface area contributed by atoms with Crippen molar-refractivity contribution >= 4 is 50.7 Å². The summed E-state index contributed by atoms with van der Waals surface area (Å²) in [4.78, 5) is 28.4. The van der Waals surface area contributed by atoms with E-state index in [4.69, 9.17) is 23.2 Å². The van der Waals surface area contributed by atoms with Crippen LogP contribution in [0.4, 0.5) is 5.69 Å². The van der Waals surface area contributed by atoms with Crippen molar-refractivity contribution < 1.29 is 18.0 Å². The van der Waals surface area contributed by atoms with E-state index < -0.39 is 28.5 Å². The number of rotatable bonds is 10. The Bertz CT molecular complexity index is 1140. The summed E-state index contributed by atoms with van der Waals surface area (Å²) in [5, 5.41) is 3.29. The van der Waals surface area contributed by atoms with Crippen LogP contribution in [0.2, 0.25) is 10.0 Å². The smallest absolute Gasteiger partial charge is 0.244 e. The van der Waals surface area contributed by atoms with Crippen molar-refractivity contribution in [3.8, 4) is 0 Å². The van der Waals surface area contributed by atoms with E-state index in [1.807, 2.05) is 37.3 Å². The van der Waals surface area contributed by atoms with Crippen molar-refractivity contribution in [1.29, 1.82) is 0 Å². The lowest BCUT2D eigenvalue weighted by Gasteiger charge is -2.33. The largest absolute Gasteiger partial charge is 0.352 e. The van der Waals surface area contributed by atoms with Crippen LogP contribution < -0.4 is 9.62 Å². The lowest BCUT2D eigenvalue weighted by Crippen LogP contribution is -2.53. The average molecular weight is 541 g/mol. The van der Waals surface area contributed by atoms with Crippen LogP contribution in [-0.4, -0.2) is 50.0 Å². The average Bonchev–Trinajstić information content (AvgIpc) is 3.32. The van der Waals surface area contributed by atoms with Gasteiger partial charge >= 0.3 is 0 Å². The standard InChI is InChI=1S/C25H31Cl2N3O4S/c1-3-21(25(32)28-19-12-7-8-13-19)29(16-18-10-5-4-6-11-18)23(31)17-30(35(2,33)34)22-15-9-14-20(26)24(22)27/h4-6,9-11,14-15,19,21H,3,7-8,12-13,16-17H2,1-2H3,(H,28,32)/t21-/m1/s1. The van der Waals surface area contributed by atoms with Gasteiger partial charge in [-0.05, 0) is 37.0 Å². The number of hydrogen-bond acceptors (Lipinski definition) is 4. The molecule has 10 heteroatoms. The number of halogens is 2. The van der Waals surface area contributed by atoms with Crippen LogP contribution in [0, 0.1) is 0 Å². The highest BCUT2D eigenvalue weighted by Crippen LogP contribution is 2.33. The molecule has 0 spiro atoms. The number of sulfonamides is 1. The summed E-state index contributed by atoms with van der Waals surface area (Å²) in [6, 6.07) is 13.3.